The van der Waals surface area contributed by atoms with Crippen molar-refractivity contribution in [1.29, 1.82) is 0 Å². The van der Waals surface area contributed by atoms with Gasteiger partial charge >= 0.3 is 0 Å². The molecule has 0 atom stereocenters. The monoisotopic (exact) mass is 738 g/mol. The normalized spacial score (nSPS) is 13.0. The molecule has 1 aliphatic rings. The van der Waals surface area contributed by atoms with Crippen LogP contribution in [0.5, 0.6) is 0 Å². The Kier molecular flexibility index (Phi) is 9.84. The summed E-state index contributed by atoms with van der Waals surface area (Å²) in [5.74, 6) is 0. The molecule has 2 nitrogen and oxygen atoms in total. The summed E-state index contributed by atoms with van der Waals surface area (Å²) in [6.45, 7) is 32.1. The predicted octanol–water partition coefficient (Wildman–Crippen LogP) is 13.6. The van der Waals surface area contributed by atoms with Crippen LogP contribution >= 0.6 is 0 Å². The van der Waals surface area contributed by atoms with Gasteiger partial charge in [0, 0.05) is 11.4 Å². The quantitative estimate of drug-likeness (QED) is 0.157. The highest BCUT2D eigenvalue weighted by Gasteiger charge is 2.34. The van der Waals surface area contributed by atoms with Gasteiger partial charge < -0.3 is 9.80 Å². The van der Waals surface area contributed by atoms with Crippen molar-refractivity contribution in [3.8, 4) is 0 Å². The predicted molar refractivity (Wildman–Crippen MR) is 245 cm³/mol. The third-order valence-corrected chi connectivity index (χ3v) is 15.4. The molecule has 0 unspecified atom stereocenters. The second kappa shape index (κ2) is 14.2. The number of aryl methyl sites for hydroxylation is 12. The maximum absolute atomic E-state index is 2.55. The zero-order valence-corrected chi connectivity index (χ0v) is 36.6. The molecule has 7 rings (SSSR count). The minimum atomic E-state index is -2.30. The van der Waals surface area contributed by atoms with Crippen LogP contribution in [0.25, 0.3) is 12.2 Å². The Balaban J connectivity index is 1.46. The summed E-state index contributed by atoms with van der Waals surface area (Å²) in [4.78, 5) is 5.11. The van der Waals surface area contributed by atoms with E-state index in [1.165, 1.54) is 122 Å². The molecule has 0 fully saturated rings. The van der Waals surface area contributed by atoms with E-state index in [1.807, 2.05) is 0 Å². The van der Waals surface area contributed by atoms with Crippen LogP contribution in [0, 0.1) is 83.1 Å². The first-order valence-electron chi connectivity index (χ1n) is 19.8. The topological polar surface area (TPSA) is 6.48 Å². The average Bonchev–Trinajstić information content (AvgIpc) is 3.18. The van der Waals surface area contributed by atoms with Crippen molar-refractivity contribution in [2.45, 2.75) is 96.2 Å². The Morgan fingerprint density at radius 3 is 0.800 bits per heavy atom. The van der Waals surface area contributed by atoms with Gasteiger partial charge in [0.05, 0.1) is 22.7 Å². The van der Waals surface area contributed by atoms with E-state index in [-0.39, 0.29) is 0 Å². The molecule has 280 valence electrons. The van der Waals surface area contributed by atoms with Crippen LogP contribution in [-0.2, 0) is 0 Å². The smallest absolute Gasteiger partial charge is 0.113 e. The van der Waals surface area contributed by atoms with E-state index in [0.29, 0.717) is 0 Å². The molecular weight excluding hydrogens is 681 g/mol. The van der Waals surface area contributed by atoms with Crippen molar-refractivity contribution in [2.24, 2.45) is 0 Å². The highest BCUT2D eigenvalue weighted by Crippen LogP contribution is 2.45. The number of anilines is 6. The SMILES string of the molecule is Cc1cc(C)c(N(c2ccc3c(c2)[Si](C)(C)c2cc(N(c4c(C)cc(C)cc4C)c4c(C)cc(C)cc4C)ccc2C=C3)c2c(C)cc(C)cc2C)c(C)c1. The second-order valence-electron chi connectivity index (χ2n) is 17.2. The van der Waals surface area contributed by atoms with E-state index in [9.17, 15) is 0 Å². The lowest BCUT2D eigenvalue weighted by Gasteiger charge is -2.35. The molecule has 55 heavy (non-hydrogen) atoms. The van der Waals surface area contributed by atoms with E-state index >= 15 is 0 Å². The maximum atomic E-state index is 2.55. The Bertz CT molecular complexity index is 2170. The Morgan fingerprint density at radius 2 is 0.564 bits per heavy atom. The van der Waals surface area contributed by atoms with Crippen LogP contribution in [-0.4, -0.2) is 8.07 Å². The fourth-order valence-corrected chi connectivity index (χ4v) is 13.0. The fourth-order valence-electron chi connectivity index (χ4n) is 9.90. The van der Waals surface area contributed by atoms with Gasteiger partial charge in [-0.2, -0.15) is 0 Å². The second-order valence-corrected chi connectivity index (χ2v) is 21.5. The van der Waals surface area contributed by atoms with Gasteiger partial charge in [0.25, 0.3) is 0 Å². The molecule has 6 aromatic carbocycles. The summed E-state index contributed by atoms with van der Waals surface area (Å²) in [7, 11) is -2.30. The number of rotatable bonds is 6. The third-order valence-electron chi connectivity index (χ3n) is 11.8. The molecule has 1 heterocycles. The number of benzene rings is 6. The van der Waals surface area contributed by atoms with Gasteiger partial charge in [-0.05, 0) is 173 Å². The number of nitrogens with zero attached hydrogens (tertiary/aromatic N) is 2. The first-order valence-corrected chi connectivity index (χ1v) is 22.8. The third kappa shape index (κ3) is 6.78. The Labute approximate surface area is 332 Å². The van der Waals surface area contributed by atoms with E-state index in [4.69, 9.17) is 0 Å². The lowest BCUT2D eigenvalue weighted by Crippen LogP contribution is -2.54. The molecule has 0 radical (unpaired) electrons. The molecule has 0 amide bonds. The van der Waals surface area contributed by atoms with Crippen LogP contribution in [0.15, 0.2) is 84.9 Å². The number of hydrogen-bond donors (Lipinski definition) is 0. The molecule has 0 aromatic heterocycles. The maximum Gasteiger partial charge on any atom is 0.113 e. The highest BCUT2D eigenvalue weighted by molar-refractivity contribution is 7.01. The molecule has 0 spiro atoms. The van der Waals surface area contributed by atoms with Crippen LogP contribution in [0.1, 0.15) is 77.9 Å². The van der Waals surface area contributed by atoms with Crippen molar-refractivity contribution in [3.63, 3.8) is 0 Å². The Hall–Kier alpha value is -5.12. The molecule has 0 saturated heterocycles. The van der Waals surface area contributed by atoms with Gasteiger partial charge in [0.15, 0.2) is 0 Å². The molecular formula is C52H58N2Si. The van der Waals surface area contributed by atoms with E-state index in [1.54, 1.807) is 0 Å². The van der Waals surface area contributed by atoms with Crippen LogP contribution in [0.2, 0.25) is 13.1 Å². The zero-order valence-electron chi connectivity index (χ0n) is 35.6. The van der Waals surface area contributed by atoms with E-state index < -0.39 is 8.07 Å². The highest BCUT2D eigenvalue weighted by atomic mass is 28.3. The first-order chi connectivity index (χ1) is 26.0. The minimum Gasteiger partial charge on any atom is -0.309 e. The summed E-state index contributed by atoms with van der Waals surface area (Å²) in [6.07, 6.45) is 4.71. The van der Waals surface area contributed by atoms with Gasteiger partial charge in [-0.1, -0.05) is 108 Å². The molecule has 0 saturated carbocycles. The standard InChI is InChI=1S/C52H58N2Si/c1-31-21-35(5)49(36(6)22-31)53(50-37(7)23-32(2)24-38(50)8)45-19-17-43-15-16-44-18-20-46(30-48(44)55(13,14)47(43)29-45)54(51-39(9)25-33(3)26-40(51)10)52-41(11)27-34(4)28-42(52)12/h15-30H,1-14H3. The van der Waals surface area contributed by atoms with Gasteiger partial charge in [0.2, 0.25) is 0 Å². The van der Waals surface area contributed by atoms with Crippen molar-refractivity contribution in [2.75, 3.05) is 9.80 Å². The van der Waals surface area contributed by atoms with Crippen molar-refractivity contribution < 1.29 is 0 Å². The van der Waals surface area contributed by atoms with Crippen LogP contribution in [0.4, 0.5) is 34.1 Å². The lowest BCUT2D eigenvalue weighted by molar-refractivity contribution is 1.16. The number of hydrogen-bond acceptors (Lipinski definition) is 2. The largest absolute Gasteiger partial charge is 0.309 e. The summed E-state index contributed by atoms with van der Waals surface area (Å²) in [6, 6.07) is 33.2. The summed E-state index contributed by atoms with van der Waals surface area (Å²) >= 11 is 0. The van der Waals surface area contributed by atoms with Gasteiger partial charge in [-0.3, -0.25) is 0 Å². The summed E-state index contributed by atoms with van der Waals surface area (Å²) in [5.41, 5.74) is 25.7. The van der Waals surface area contributed by atoms with Crippen molar-refractivity contribution in [3.05, 3.63) is 163 Å². The minimum absolute atomic E-state index is 1.22. The van der Waals surface area contributed by atoms with Crippen molar-refractivity contribution >= 4 is 64.7 Å². The van der Waals surface area contributed by atoms with Gasteiger partial charge in [-0.25, -0.2) is 0 Å². The van der Waals surface area contributed by atoms with Crippen LogP contribution < -0.4 is 20.2 Å². The molecule has 0 bridgehead atoms. The van der Waals surface area contributed by atoms with Gasteiger partial charge in [-0.15, -0.1) is 0 Å². The summed E-state index contributed by atoms with van der Waals surface area (Å²) < 4.78 is 0. The zero-order chi connectivity index (χ0) is 39.7. The van der Waals surface area contributed by atoms with E-state index in [2.05, 4.69) is 203 Å². The van der Waals surface area contributed by atoms with Crippen molar-refractivity contribution in [1.82, 2.24) is 0 Å². The number of fused-ring (bicyclic) bond motifs is 2. The Morgan fingerprint density at radius 1 is 0.327 bits per heavy atom. The molecule has 0 aliphatic carbocycles. The molecule has 0 N–H and O–H groups in total. The molecule has 1 aliphatic heterocycles. The van der Waals surface area contributed by atoms with Gasteiger partial charge in [0.1, 0.15) is 8.07 Å². The molecule has 3 heteroatoms. The molecule has 6 aromatic rings. The average molecular weight is 739 g/mol. The fraction of sp³-hybridized carbons (Fsp3) is 0.269. The van der Waals surface area contributed by atoms with Crippen LogP contribution in [0.3, 0.4) is 0 Å². The first kappa shape index (κ1) is 38.2. The summed E-state index contributed by atoms with van der Waals surface area (Å²) in [5, 5.41) is 2.92. The van der Waals surface area contributed by atoms with E-state index in [0.717, 1.165) is 0 Å². The lowest BCUT2D eigenvalue weighted by atomic mass is 9.98.